The zero-order valence-corrected chi connectivity index (χ0v) is 9.39. The highest BCUT2D eigenvalue weighted by atomic mass is 35.5. The van der Waals surface area contributed by atoms with Crippen LogP contribution in [-0.2, 0) is 6.42 Å². The molecule has 0 aliphatic heterocycles. The molecule has 2 heteroatoms. The minimum Gasteiger partial charge on any atom is -0.207 e. The molecule has 0 nitrogen and oxygen atoms in total. The minimum atomic E-state index is -0.122. The van der Waals surface area contributed by atoms with Gasteiger partial charge in [0.2, 0.25) is 0 Å². The maximum atomic E-state index is 13.3. The Morgan fingerprint density at radius 3 is 2.50 bits per heavy atom. The van der Waals surface area contributed by atoms with Crippen LogP contribution in [0, 0.1) is 11.7 Å². The van der Waals surface area contributed by atoms with Gasteiger partial charge in [0, 0.05) is 5.38 Å². The lowest BCUT2D eigenvalue weighted by atomic mass is 9.94. The van der Waals surface area contributed by atoms with Crippen LogP contribution in [-0.4, -0.2) is 5.38 Å². The Bertz CT molecular complexity index is 283. The van der Waals surface area contributed by atoms with Crippen molar-refractivity contribution in [2.45, 2.75) is 32.1 Å². The SMILES string of the molecule is CCC(Cc1ccccc1F)C(C)Cl. The predicted molar refractivity (Wildman–Crippen MR) is 59.2 cm³/mol. The summed E-state index contributed by atoms with van der Waals surface area (Å²) in [6.45, 7) is 4.06. The normalized spacial score (nSPS) is 15.1. The van der Waals surface area contributed by atoms with Crippen molar-refractivity contribution in [1.82, 2.24) is 0 Å². The van der Waals surface area contributed by atoms with E-state index in [4.69, 9.17) is 11.6 Å². The maximum Gasteiger partial charge on any atom is 0.126 e. The Labute approximate surface area is 90.1 Å². The molecule has 0 saturated carbocycles. The summed E-state index contributed by atoms with van der Waals surface area (Å²) in [4.78, 5) is 0. The Morgan fingerprint density at radius 2 is 2.00 bits per heavy atom. The number of halogens is 2. The van der Waals surface area contributed by atoms with E-state index in [0.717, 1.165) is 18.4 Å². The molecular formula is C12H16ClF. The van der Waals surface area contributed by atoms with Crippen molar-refractivity contribution >= 4 is 11.6 Å². The van der Waals surface area contributed by atoms with Gasteiger partial charge in [0.25, 0.3) is 0 Å². The van der Waals surface area contributed by atoms with E-state index in [1.54, 1.807) is 6.07 Å². The van der Waals surface area contributed by atoms with Crippen molar-refractivity contribution < 1.29 is 4.39 Å². The average molecular weight is 215 g/mol. The maximum absolute atomic E-state index is 13.3. The molecule has 0 aliphatic carbocycles. The standard InChI is InChI=1S/C12H16ClF/c1-3-10(9(2)13)8-11-6-4-5-7-12(11)14/h4-7,9-10H,3,8H2,1-2H3. The van der Waals surface area contributed by atoms with Gasteiger partial charge in [-0.25, -0.2) is 4.39 Å². The molecule has 0 amide bonds. The highest BCUT2D eigenvalue weighted by molar-refractivity contribution is 6.20. The Balaban J connectivity index is 2.72. The second-order valence-electron chi connectivity index (χ2n) is 3.64. The fourth-order valence-corrected chi connectivity index (χ4v) is 1.85. The van der Waals surface area contributed by atoms with Gasteiger partial charge in [0.05, 0.1) is 0 Å². The van der Waals surface area contributed by atoms with Crippen LogP contribution >= 0.6 is 11.6 Å². The lowest BCUT2D eigenvalue weighted by molar-refractivity contribution is 0.482. The van der Waals surface area contributed by atoms with E-state index in [9.17, 15) is 4.39 Å². The predicted octanol–water partition coefficient (Wildman–Crippen LogP) is 4.02. The van der Waals surface area contributed by atoms with Crippen molar-refractivity contribution in [2.75, 3.05) is 0 Å². The third kappa shape index (κ3) is 2.98. The molecule has 14 heavy (non-hydrogen) atoms. The van der Waals surface area contributed by atoms with Crippen molar-refractivity contribution in [2.24, 2.45) is 5.92 Å². The van der Waals surface area contributed by atoms with Gasteiger partial charge in [-0.05, 0) is 30.9 Å². The van der Waals surface area contributed by atoms with E-state index in [2.05, 4.69) is 6.92 Å². The first-order valence-electron chi connectivity index (χ1n) is 5.02. The number of alkyl halides is 1. The van der Waals surface area contributed by atoms with E-state index in [1.165, 1.54) is 6.07 Å². The molecule has 0 radical (unpaired) electrons. The minimum absolute atomic E-state index is 0.0969. The van der Waals surface area contributed by atoms with Crippen molar-refractivity contribution in [1.29, 1.82) is 0 Å². The molecule has 1 aromatic carbocycles. The van der Waals surface area contributed by atoms with Crippen LogP contribution in [0.15, 0.2) is 24.3 Å². The lowest BCUT2D eigenvalue weighted by Gasteiger charge is -2.17. The third-order valence-electron chi connectivity index (χ3n) is 2.61. The van der Waals surface area contributed by atoms with E-state index in [0.29, 0.717) is 5.92 Å². The molecule has 0 bridgehead atoms. The molecule has 0 heterocycles. The van der Waals surface area contributed by atoms with E-state index < -0.39 is 0 Å². The van der Waals surface area contributed by atoms with Crippen LogP contribution < -0.4 is 0 Å². The molecule has 0 fully saturated rings. The highest BCUT2D eigenvalue weighted by Gasteiger charge is 2.15. The van der Waals surface area contributed by atoms with Crippen LogP contribution in [0.5, 0.6) is 0 Å². The van der Waals surface area contributed by atoms with Gasteiger partial charge in [0.15, 0.2) is 0 Å². The number of benzene rings is 1. The summed E-state index contributed by atoms with van der Waals surface area (Å²) in [6, 6.07) is 6.91. The van der Waals surface area contributed by atoms with Crippen LogP contribution in [0.2, 0.25) is 0 Å². The van der Waals surface area contributed by atoms with Crippen LogP contribution in [0.25, 0.3) is 0 Å². The largest absolute Gasteiger partial charge is 0.207 e. The second kappa shape index (κ2) is 5.35. The number of rotatable bonds is 4. The second-order valence-corrected chi connectivity index (χ2v) is 4.33. The summed E-state index contributed by atoms with van der Waals surface area (Å²) >= 11 is 6.02. The quantitative estimate of drug-likeness (QED) is 0.665. The van der Waals surface area contributed by atoms with Gasteiger partial charge in [-0.1, -0.05) is 31.5 Å². The fourth-order valence-electron chi connectivity index (χ4n) is 1.58. The molecule has 0 aliphatic rings. The topological polar surface area (TPSA) is 0 Å². The smallest absolute Gasteiger partial charge is 0.126 e. The molecule has 0 spiro atoms. The molecule has 0 saturated heterocycles. The zero-order valence-electron chi connectivity index (χ0n) is 8.63. The zero-order chi connectivity index (χ0) is 10.6. The summed E-state index contributed by atoms with van der Waals surface area (Å²) in [5.74, 6) is 0.233. The van der Waals surface area contributed by atoms with Gasteiger partial charge in [-0.3, -0.25) is 0 Å². The number of hydrogen-bond acceptors (Lipinski definition) is 0. The van der Waals surface area contributed by atoms with Crippen molar-refractivity contribution in [3.05, 3.63) is 35.6 Å². The number of hydrogen-bond donors (Lipinski definition) is 0. The molecule has 78 valence electrons. The molecule has 2 atom stereocenters. The Morgan fingerprint density at radius 1 is 1.36 bits per heavy atom. The lowest BCUT2D eigenvalue weighted by Crippen LogP contribution is -2.14. The van der Waals surface area contributed by atoms with E-state index in [-0.39, 0.29) is 11.2 Å². The van der Waals surface area contributed by atoms with Crippen LogP contribution in [0.4, 0.5) is 4.39 Å². The van der Waals surface area contributed by atoms with Crippen LogP contribution in [0.3, 0.4) is 0 Å². The van der Waals surface area contributed by atoms with E-state index >= 15 is 0 Å². The van der Waals surface area contributed by atoms with Gasteiger partial charge < -0.3 is 0 Å². The van der Waals surface area contributed by atoms with Gasteiger partial charge in [-0.15, -0.1) is 11.6 Å². The van der Waals surface area contributed by atoms with Crippen LogP contribution in [0.1, 0.15) is 25.8 Å². The van der Waals surface area contributed by atoms with Crippen molar-refractivity contribution in [3.8, 4) is 0 Å². The molecule has 0 N–H and O–H groups in total. The van der Waals surface area contributed by atoms with Crippen molar-refractivity contribution in [3.63, 3.8) is 0 Å². The van der Waals surface area contributed by atoms with Gasteiger partial charge >= 0.3 is 0 Å². The first-order valence-corrected chi connectivity index (χ1v) is 5.46. The average Bonchev–Trinajstić information content (AvgIpc) is 2.16. The van der Waals surface area contributed by atoms with Gasteiger partial charge in [0.1, 0.15) is 5.82 Å². The summed E-state index contributed by atoms with van der Waals surface area (Å²) < 4.78 is 13.3. The molecular weight excluding hydrogens is 199 g/mol. The fraction of sp³-hybridized carbons (Fsp3) is 0.500. The highest BCUT2D eigenvalue weighted by Crippen LogP contribution is 2.21. The Hall–Kier alpha value is -0.560. The monoisotopic (exact) mass is 214 g/mol. The summed E-state index contributed by atoms with van der Waals surface area (Å²) in [5, 5.41) is 0.0969. The Kier molecular flexibility index (Phi) is 4.40. The summed E-state index contributed by atoms with van der Waals surface area (Å²) in [5.41, 5.74) is 0.770. The van der Waals surface area contributed by atoms with E-state index in [1.807, 2.05) is 19.1 Å². The molecule has 0 aromatic heterocycles. The summed E-state index contributed by atoms with van der Waals surface area (Å²) in [7, 11) is 0. The van der Waals surface area contributed by atoms with Gasteiger partial charge in [-0.2, -0.15) is 0 Å². The molecule has 1 rings (SSSR count). The molecule has 2 unspecified atom stereocenters. The summed E-state index contributed by atoms with van der Waals surface area (Å²) in [6.07, 6.45) is 1.72. The first-order chi connectivity index (χ1) is 6.65. The third-order valence-corrected chi connectivity index (χ3v) is 2.97. The first kappa shape index (κ1) is 11.5. The molecule has 1 aromatic rings.